The van der Waals surface area contributed by atoms with E-state index in [-0.39, 0.29) is 6.73 Å². The first-order valence-electron chi connectivity index (χ1n) is 4.02. The quantitative estimate of drug-likeness (QED) is 0.586. The van der Waals surface area contributed by atoms with Gasteiger partial charge in [-0.2, -0.15) is 0 Å². The minimum absolute atomic E-state index is 0.148. The molecule has 1 atom stereocenters. The SMILES string of the molecule is CCC(CC(C)C)NC[O]. The van der Waals surface area contributed by atoms with E-state index >= 15 is 0 Å². The summed E-state index contributed by atoms with van der Waals surface area (Å²) in [4.78, 5) is 0. The average Bonchev–Trinajstić information content (AvgIpc) is 1.86. The topological polar surface area (TPSA) is 31.9 Å². The Hall–Kier alpha value is -0.0800. The molecule has 10 heavy (non-hydrogen) atoms. The Morgan fingerprint density at radius 1 is 1.40 bits per heavy atom. The smallest absolute Gasteiger partial charge is 0.133 e. The van der Waals surface area contributed by atoms with Crippen LogP contribution in [0.5, 0.6) is 0 Å². The summed E-state index contributed by atoms with van der Waals surface area (Å²) >= 11 is 0. The van der Waals surface area contributed by atoms with Gasteiger partial charge in [0.05, 0.1) is 0 Å². The Morgan fingerprint density at radius 2 is 2.00 bits per heavy atom. The highest BCUT2D eigenvalue weighted by Gasteiger charge is 2.06. The Balaban J connectivity index is 3.39. The molecule has 1 N–H and O–H groups in total. The zero-order chi connectivity index (χ0) is 7.98. The molecular weight excluding hydrogens is 126 g/mol. The van der Waals surface area contributed by atoms with Gasteiger partial charge in [0.2, 0.25) is 0 Å². The maximum absolute atomic E-state index is 10.2. The number of rotatable bonds is 5. The van der Waals surface area contributed by atoms with E-state index < -0.39 is 0 Å². The second kappa shape index (κ2) is 5.69. The van der Waals surface area contributed by atoms with Gasteiger partial charge < -0.3 is 0 Å². The summed E-state index contributed by atoms with van der Waals surface area (Å²) < 4.78 is 0. The van der Waals surface area contributed by atoms with Crippen LogP contribution in [-0.2, 0) is 5.11 Å². The maximum Gasteiger partial charge on any atom is 0.133 e. The lowest BCUT2D eigenvalue weighted by Gasteiger charge is -2.16. The fourth-order valence-corrected chi connectivity index (χ4v) is 1.08. The molecule has 2 heteroatoms. The molecule has 1 unspecified atom stereocenters. The first-order chi connectivity index (χ1) is 4.70. The van der Waals surface area contributed by atoms with E-state index in [4.69, 9.17) is 0 Å². The highest BCUT2D eigenvalue weighted by molar-refractivity contribution is 4.63. The van der Waals surface area contributed by atoms with E-state index in [1.54, 1.807) is 0 Å². The first kappa shape index (κ1) is 9.92. The molecule has 0 aromatic heterocycles. The Labute approximate surface area is 63.6 Å². The van der Waals surface area contributed by atoms with Crippen molar-refractivity contribution in [3.8, 4) is 0 Å². The second-order valence-electron chi connectivity index (χ2n) is 3.08. The predicted octanol–water partition coefficient (Wildman–Crippen LogP) is 1.79. The van der Waals surface area contributed by atoms with Crippen LogP contribution in [0.4, 0.5) is 0 Å². The number of hydrogen-bond acceptors (Lipinski definition) is 1. The molecule has 0 fully saturated rings. The van der Waals surface area contributed by atoms with Gasteiger partial charge in [0.25, 0.3) is 0 Å². The predicted molar refractivity (Wildman–Crippen MR) is 42.2 cm³/mol. The van der Waals surface area contributed by atoms with E-state index in [2.05, 4.69) is 26.1 Å². The molecule has 0 amide bonds. The van der Waals surface area contributed by atoms with Gasteiger partial charge in [-0.15, -0.1) is 0 Å². The molecule has 0 spiro atoms. The van der Waals surface area contributed by atoms with Crippen molar-refractivity contribution >= 4 is 0 Å². The highest BCUT2D eigenvalue weighted by atomic mass is 16.3. The van der Waals surface area contributed by atoms with Crippen LogP contribution in [0.25, 0.3) is 0 Å². The monoisotopic (exact) mass is 144 g/mol. The Bertz CT molecular complexity index is 73.7. The summed E-state index contributed by atoms with van der Waals surface area (Å²) in [5, 5.41) is 13.1. The molecule has 61 valence electrons. The lowest BCUT2D eigenvalue weighted by molar-refractivity contribution is 0.149. The van der Waals surface area contributed by atoms with E-state index in [1.165, 1.54) is 0 Å². The van der Waals surface area contributed by atoms with Crippen molar-refractivity contribution in [1.29, 1.82) is 0 Å². The summed E-state index contributed by atoms with van der Waals surface area (Å²) in [5.41, 5.74) is 0. The van der Waals surface area contributed by atoms with E-state index in [0.29, 0.717) is 12.0 Å². The zero-order valence-corrected chi connectivity index (χ0v) is 7.18. The van der Waals surface area contributed by atoms with Crippen molar-refractivity contribution in [1.82, 2.24) is 5.32 Å². The van der Waals surface area contributed by atoms with Gasteiger partial charge in [-0.1, -0.05) is 20.8 Å². The second-order valence-corrected chi connectivity index (χ2v) is 3.08. The molecule has 0 heterocycles. The minimum Gasteiger partial charge on any atom is -0.289 e. The van der Waals surface area contributed by atoms with Crippen LogP contribution >= 0.6 is 0 Å². The average molecular weight is 144 g/mol. The molecule has 0 bridgehead atoms. The van der Waals surface area contributed by atoms with E-state index in [0.717, 1.165) is 12.8 Å². The molecule has 0 aromatic carbocycles. The zero-order valence-electron chi connectivity index (χ0n) is 7.18. The molecule has 1 radical (unpaired) electrons. The molecule has 0 saturated carbocycles. The van der Waals surface area contributed by atoms with Crippen LogP contribution in [0, 0.1) is 5.92 Å². The van der Waals surface area contributed by atoms with Crippen molar-refractivity contribution < 1.29 is 5.11 Å². The Kier molecular flexibility index (Phi) is 5.64. The largest absolute Gasteiger partial charge is 0.289 e. The highest BCUT2D eigenvalue weighted by Crippen LogP contribution is 2.06. The van der Waals surface area contributed by atoms with Gasteiger partial charge in [0.1, 0.15) is 6.73 Å². The summed E-state index contributed by atoms with van der Waals surface area (Å²) in [6.07, 6.45) is 2.17. The van der Waals surface area contributed by atoms with Crippen molar-refractivity contribution in [2.75, 3.05) is 6.73 Å². The normalized spacial score (nSPS) is 14.1. The Morgan fingerprint density at radius 3 is 2.30 bits per heavy atom. The van der Waals surface area contributed by atoms with Crippen molar-refractivity contribution in [2.24, 2.45) is 5.92 Å². The number of hydrogen-bond donors (Lipinski definition) is 1. The van der Waals surface area contributed by atoms with Crippen LogP contribution in [0.3, 0.4) is 0 Å². The van der Waals surface area contributed by atoms with Crippen molar-refractivity contribution in [3.63, 3.8) is 0 Å². The number of nitrogens with one attached hydrogen (secondary N) is 1. The van der Waals surface area contributed by atoms with Crippen molar-refractivity contribution in [3.05, 3.63) is 0 Å². The molecule has 0 aliphatic rings. The third-order valence-corrected chi connectivity index (χ3v) is 1.62. The third-order valence-electron chi connectivity index (χ3n) is 1.62. The van der Waals surface area contributed by atoms with Crippen LogP contribution in [-0.4, -0.2) is 12.8 Å². The van der Waals surface area contributed by atoms with Crippen LogP contribution in [0.2, 0.25) is 0 Å². The summed E-state index contributed by atoms with van der Waals surface area (Å²) in [6, 6.07) is 0.428. The lowest BCUT2D eigenvalue weighted by Crippen LogP contribution is -2.29. The third kappa shape index (κ3) is 4.77. The molecule has 2 nitrogen and oxygen atoms in total. The van der Waals surface area contributed by atoms with Gasteiger partial charge in [-0.05, 0) is 18.8 Å². The molecule has 0 rings (SSSR count). The minimum atomic E-state index is -0.148. The fraction of sp³-hybridized carbons (Fsp3) is 1.00. The van der Waals surface area contributed by atoms with Gasteiger partial charge in [0, 0.05) is 6.04 Å². The van der Waals surface area contributed by atoms with Crippen molar-refractivity contribution in [2.45, 2.75) is 39.7 Å². The summed E-state index contributed by atoms with van der Waals surface area (Å²) in [5.74, 6) is 0.684. The standard InChI is InChI=1S/C8H18NO/c1-4-8(9-6-10)5-7(2)3/h7-9H,4-6H2,1-3H3. The molecular formula is C8H18NO. The van der Waals surface area contributed by atoms with Gasteiger partial charge in [-0.3, -0.25) is 5.32 Å². The van der Waals surface area contributed by atoms with Crippen LogP contribution < -0.4 is 5.32 Å². The maximum atomic E-state index is 10.2. The van der Waals surface area contributed by atoms with E-state index in [1.807, 2.05) is 0 Å². The molecule has 0 aromatic rings. The van der Waals surface area contributed by atoms with Crippen LogP contribution in [0.15, 0.2) is 0 Å². The summed E-state index contributed by atoms with van der Waals surface area (Å²) in [6.45, 7) is 6.31. The molecule has 0 aliphatic heterocycles. The first-order valence-corrected chi connectivity index (χ1v) is 4.02. The van der Waals surface area contributed by atoms with Gasteiger partial charge in [-0.25, -0.2) is 5.11 Å². The molecule has 0 saturated heterocycles. The fourth-order valence-electron chi connectivity index (χ4n) is 1.08. The molecule has 0 aliphatic carbocycles. The van der Waals surface area contributed by atoms with Gasteiger partial charge in [0.15, 0.2) is 0 Å². The van der Waals surface area contributed by atoms with Gasteiger partial charge >= 0.3 is 0 Å². The van der Waals surface area contributed by atoms with E-state index in [9.17, 15) is 5.11 Å². The van der Waals surface area contributed by atoms with Crippen LogP contribution in [0.1, 0.15) is 33.6 Å². The summed E-state index contributed by atoms with van der Waals surface area (Å²) in [7, 11) is 0. The lowest BCUT2D eigenvalue weighted by atomic mass is 10.0.